The number of anilines is 1. The fourth-order valence-electron chi connectivity index (χ4n) is 2.87. The second kappa shape index (κ2) is 5.98. The lowest BCUT2D eigenvalue weighted by Crippen LogP contribution is -2.39. The largest absolute Gasteiger partial charge is 0.380 e. The summed E-state index contributed by atoms with van der Waals surface area (Å²) in [6.45, 7) is 1.93. The van der Waals surface area contributed by atoms with Crippen LogP contribution in [0.15, 0.2) is 30.3 Å². The number of halogens is 1. The van der Waals surface area contributed by atoms with Gasteiger partial charge in [-0.15, -0.1) is 11.6 Å². The number of aromatic nitrogens is 1. The molecule has 1 aliphatic heterocycles. The Balaban J connectivity index is 2.04. The second-order valence-corrected chi connectivity index (χ2v) is 5.51. The molecular formula is C16H19ClN2O. The van der Waals surface area contributed by atoms with Crippen LogP contribution >= 0.6 is 11.6 Å². The van der Waals surface area contributed by atoms with Gasteiger partial charge >= 0.3 is 0 Å². The third-order valence-corrected chi connectivity index (χ3v) is 4.20. The standard InChI is InChI=1S/C16H19ClN2O/c1-20-14-6-4-8-19(11-14)16-15-7-3-2-5-12(15)9-13(10-17)18-16/h2-3,5,7,9,14H,4,6,8,10-11H2,1H3. The van der Waals surface area contributed by atoms with Crippen LogP contribution in [0.25, 0.3) is 10.8 Å². The van der Waals surface area contributed by atoms with E-state index in [-0.39, 0.29) is 0 Å². The number of hydrogen-bond donors (Lipinski definition) is 0. The quantitative estimate of drug-likeness (QED) is 0.808. The van der Waals surface area contributed by atoms with E-state index in [2.05, 4.69) is 35.2 Å². The van der Waals surface area contributed by atoms with Crippen molar-refractivity contribution in [2.75, 3.05) is 25.1 Å². The van der Waals surface area contributed by atoms with Crippen LogP contribution in [0.5, 0.6) is 0 Å². The minimum absolute atomic E-state index is 0.295. The summed E-state index contributed by atoms with van der Waals surface area (Å²) in [5.74, 6) is 1.49. The maximum absolute atomic E-state index is 5.99. The van der Waals surface area contributed by atoms with Crippen LogP contribution in [0.3, 0.4) is 0 Å². The molecule has 2 aromatic rings. The molecule has 2 heterocycles. The molecule has 3 nitrogen and oxygen atoms in total. The normalized spacial score (nSPS) is 19.5. The molecule has 106 valence electrons. The van der Waals surface area contributed by atoms with Gasteiger partial charge in [0.05, 0.1) is 17.7 Å². The van der Waals surface area contributed by atoms with E-state index in [0.717, 1.165) is 37.4 Å². The van der Waals surface area contributed by atoms with Crippen LogP contribution in [0.4, 0.5) is 5.82 Å². The van der Waals surface area contributed by atoms with Crippen molar-refractivity contribution in [2.24, 2.45) is 0 Å². The zero-order chi connectivity index (χ0) is 13.9. The summed E-state index contributed by atoms with van der Waals surface area (Å²) in [6.07, 6.45) is 2.56. The van der Waals surface area contributed by atoms with Crippen LogP contribution in [0.1, 0.15) is 18.5 Å². The zero-order valence-corrected chi connectivity index (χ0v) is 12.4. The Morgan fingerprint density at radius 2 is 2.25 bits per heavy atom. The number of methoxy groups -OCH3 is 1. The second-order valence-electron chi connectivity index (χ2n) is 5.24. The van der Waals surface area contributed by atoms with Gasteiger partial charge < -0.3 is 9.64 Å². The van der Waals surface area contributed by atoms with Crippen LogP contribution in [0, 0.1) is 0 Å². The van der Waals surface area contributed by atoms with Crippen LogP contribution < -0.4 is 4.90 Å². The summed E-state index contributed by atoms with van der Waals surface area (Å²) in [5, 5.41) is 2.39. The SMILES string of the molecule is COC1CCCN(c2nc(CCl)cc3ccccc23)C1. The molecule has 0 aliphatic carbocycles. The van der Waals surface area contributed by atoms with Crippen LogP contribution in [0.2, 0.25) is 0 Å². The van der Waals surface area contributed by atoms with Gasteiger partial charge in [0, 0.05) is 25.6 Å². The van der Waals surface area contributed by atoms with Crippen LogP contribution in [-0.4, -0.2) is 31.3 Å². The van der Waals surface area contributed by atoms with E-state index in [1.807, 2.05) is 0 Å². The van der Waals surface area contributed by atoms with Gasteiger partial charge in [-0.25, -0.2) is 4.98 Å². The molecular weight excluding hydrogens is 272 g/mol. The third kappa shape index (κ3) is 2.60. The zero-order valence-electron chi connectivity index (χ0n) is 11.7. The lowest BCUT2D eigenvalue weighted by molar-refractivity contribution is 0.0892. The summed E-state index contributed by atoms with van der Waals surface area (Å²) in [6, 6.07) is 10.4. The summed E-state index contributed by atoms with van der Waals surface area (Å²) >= 11 is 5.99. The molecule has 1 aliphatic rings. The molecule has 0 radical (unpaired) electrons. The number of hydrogen-bond acceptors (Lipinski definition) is 3. The van der Waals surface area contributed by atoms with Crippen molar-refractivity contribution in [1.29, 1.82) is 0 Å². The third-order valence-electron chi connectivity index (χ3n) is 3.92. The first-order valence-electron chi connectivity index (χ1n) is 7.04. The van der Waals surface area contributed by atoms with Gasteiger partial charge in [-0.2, -0.15) is 0 Å². The predicted molar refractivity (Wildman–Crippen MR) is 83.5 cm³/mol. The van der Waals surface area contributed by atoms with Gasteiger partial charge in [0.2, 0.25) is 0 Å². The molecule has 1 aromatic carbocycles. The molecule has 0 bridgehead atoms. The number of nitrogens with zero attached hydrogens (tertiary/aromatic N) is 2. The van der Waals surface area contributed by atoms with Crippen molar-refractivity contribution in [3.8, 4) is 0 Å². The van der Waals surface area contributed by atoms with Crippen molar-refractivity contribution in [2.45, 2.75) is 24.8 Å². The maximum atomic E-state index is 5.99. The van der Waals surface area contributed by atoms with Gasteiger partial charge in [-0.3, -0.25) is 0 Å². The first kappa shape index (κ1) is 13.7. The van der Waals surface area contributed by atoms with E-state index in [4.69, 9.17) is 21.3 Å². The van der Waals surface area contributed by atoms with Crippen molar-refractivity contribution in [1.82, 2.24) is 4.98 Å². The summed E-state index contributed by atoms with van der Waals surface area (Å²) < 4.78 is 5.52. The van der Waals surface area contributed by atoms with E-state index < -0.39 is 0 Å². The lowest BCUT2D eigenvalue weighted by atomic mass is 10.1. The molecule has 4 heteroatoms. The fraction of sp³-hybridized carbons (Fsp3) is 0.438. The average Bonchev–Trinajstić information content (AvgIpc) is 2.53. The summed E-state index contributed by atoms with van der Waals surface area (Å²) in [5.41, 5.74) is 0.930. The Hall–Kier alpha value is -1.32. The van der Waals surface area contributed by atoms with E-state index in [9.17, 15) is 0 Å². The fourth-order valence-corrected chi connectivity index (χ4v) is 3.00. The first-order valence-corrected chi connectivity index (χ1v) is 7.57. The van der Waals surface area contributed by atoms with Crippen molar-refractivity contribution < 1.29 is 4.74 Å². The van der Waals surface area contributed by atoms with Crippen LogP contribution in [-0.2, 0) is 10.6 Å². The van der Waals surface area contributed by atoms with Crippen molar-refractivity contribution in [3.63, 3.8) is 0 Å². The number of rotatable bonds is 3. The summed E-state index contributed by atoms with van der Waals surface area (Å²) in [7, 11) is 1.79. The van der Waals surface area contributed by atoms with Crippen molar-refractivity contribution in [3.05, 3.63) is 36.0 Å². The highest BCUT2D eigenvalue weighted by Crippen LogP contribution is 2.28. The molecule has 0 saturated carbocycles. The first-order chi connectivity index (χ1) is 9.81. The molecule has 0 spiro atoms. The Morgan fingerprint density at radius 3 is 3.05 bits per heavy atom. The number of pyridine rings is 1. The topological polar surface area (TPSA) is 25.4 Å². The molecule has 1 atom stereocenters. The monoisotopic (exact) mass is 290 g/mol. The van der Waals surface area contributed by atoms with E-state index in [0.29, 0.717) is 12.0 Å². The van der Waals surface area contributed by atoms with E-state index in [1.165, 1.54) is 10.8 Å². The molecule has 20 heavy (non-hydrogen) atoms. The summed E-state index contributed by atoms with van der Waals surface area (Å²) in [4.78, 5) is 7.08. The van der Waals surface area contributed by atoms with Gasteiger partial charge in [-0.05, 0) is 24.3 Å². The average molecular weight is 291 g/mol. The van der Waals surface area contributed by atoms with E-state index >= 15 is 0 Å². The molecule has 1 unspecified atom stereocenters. The number of ether oxygens (including phenoxy) is 1. The predicted octanol–water partition coefficient (Wildman–Crippen LogP) is 3.59. The Morgan fingerprint density at radius 1 is 1.40 bits per heavy atom. The van der Waals surface area contributed by atoms with Gasteiger partial charge in [0.15, 0.2) is 0 Å². The molecule has 0 N–H and O–H groups in total. The Labute approximate surface area is 124 Å². The maximum Gasteiger partial charge on any atom is 0.136 e. The highest BCUT2D eigenvalue weighted by Gasteiger charge is 2.22. The van der Waals surface area contributed by atoms with Crippen molar-refractivity contribution >= 4 is 28.2 Å². The number of piperidine rings is 1. The highest BCUT2D eigenvalue weighted by molar-refractivity contribution is 6.17. The smallest absolute Gasteiger partial charge is 0.136 e. The molecule has 0 amide bonds. The molecule has 1 saturated heterocycles. The van der Waals surface area contributed by atoms with E-state index in [1.54, 1.807) is 7.11 Å². The van der Waals surface area contributed by atoms with Gasteiger partial charge in [-0.1, -0.05) is 24.3 Å². The number of alkyl halides is 1. The molecule has 3 rings (SSSR count). The number of benzene rings is 1. The van der Waals surface area contributed by atoms with Gasteiger partial charge in [0.1, 0.15) is 5.82 Å². The Bertz CT molecular complexity index is 602. The lowest BCUT2D eigenvalue weighted by Gasteiger charge is -2.33. The minimum Gasteiger partial charge on any atom is -0.380 e. The molecule has 1 fully saturated rings. The minimum atomic E-state index is 0.295. The Kier molecular flexibility index (Phi) is 4.08. The number of fused-ring (bicyclic) bond motifs is 1. The molecule has 1 aromatic heterocycles. The van der Waals surface area contributed by atoms with Gasteiger partial charge in [0.25, 0.3) is 0 Å². The highest BCUT2D eigenvalue weighted by atomic mass is 35.5.